The van der Waals surface area contributed by atoms with Crippen molar-refractivity contribution in [3.05, 3.63) is 22.7 Å². The second-order valence-electron chi connectivity index (χ2n) is 5.15. The third-order valence-electron chi connectivity index (χ3n) is 3.41. The Labute approximate surface area is 147 Å². The van der Waals surface area contributed by atoms with Crippen LogP contribution in [-0.4, -0.2) is 44.8 Å². The number of unbranched alkanes of at least 4 members (excludes halogenated alkanes) is 1. The highest BCUT2D eigenvalue weighted by atomic mass is 35.5. The lowest BCUT2D eigenvalue weighted by molar-refractivity contribution is 0.171. The Bertz CT molecular complexity index is 540. The second-order valence-corrected chi connectivity index (χ2v) is 6.55. The van der Waals surface area contributed by atoms with Gasteiger partial charge in [-0.25, -0.2) is 0 Å². The van der Waals surface area contributed by atoms with E-state index in [0.29, 0.717) is 36.3 Å². The molecule has 0 atom stereocenters. The molecule has 1 aliphatic heterocycles. The van der Waals surface area contributed by atoms with Gasteiger partial charge in [-0.3, -0.25) is 4.99 Å². The fourth-order valence-electron chi connectivity index (χ4n) is 2.25. The number of ether oxygens (including phenoxy) is 2. The Morgan fingerprint density at radius 2 is 2.09 bits per heavy atom. The summed E-state index contributed by atoms with van der Waals surface area (Å²) in [7, 11) is 1.77. The number of hydrogen-bond acceptors (Lipinski definition) is 4. The molecule has 0 amide bonds. The van der Waals surface area contributed by atoms with Crippen molar-refractivity contribution in [3.8, 4) is 11.5 Å². The highest BCUT2D eigenvalue weighted by molar-refractivity contribution is 7.98. The van der Waals surface area contributed by atoms with Crippen LogP contribution in [0.3, 0.4) is 0 Å². The molecule has 0 aliphatic carbocycles. The summed E-state index contributed by atoms with van der Waals surface area (Å²) in [6.45, 7) is 2.64. The Morgan fingerprint density at radius 3 is 2.87 bits per heavy atom. The molecule has 23 heavy (non-hydrogen) atoms. The highest BCUT2D eigenvalue weighted by Crippen LogP contribution is 2.38. The number of nitrogens with zero attached hydrogens (tertiary/aromatic N) is 1. The maximum atomic E-state index is 6.25. The minimum atomic E-state index is 0.539. The van der Waals surface area contributed by atoms with Crippen LogP contribution in [0.15, 0.2) is 17.1 Å². The van der Waals surface area contributed by atoms with Crippen LogP contribution in [-0.2, 0) is 6.54 Å². The third-order valence-corrected chi connectivity index (χ3v) is 4.39. The molecule has 5 nitrogen and oxygen atoms in total. The van der Waals surface area contributed by atoms with Gasteiger partial charge in [0.2, 0.25) is 0 Å². The van der Waals surface area contributed by atoms with E-state index >= 15 is 0 Å². The number of rotatable bonds is 7. The maximum Gasteiger partial charge on any atom is 0.191 e. The number of hydrogen-bond donors (Lipinski definition) is 2. The molecule has 2 rings (SSSR count). The Kier molecular flexibility index (Phi) is 7.68. The zero-order valence-electron chi connectivity index (χ0n) is 13.7. The molecule has 1 aromatic carbocycles. The van der Waals surface area contributed by atoms with Crippen molar-refractivity contribution in [1.82, 2.24) is 10.6 Å². The van der Waals surface area contributed by atoms with Gasteiger partial charge < -0.3 is 20.1 Å². The number of guanidine groups is 1. The molecule has 128 valence electrons. The van der Waals surface area contributed by atoms with E-state index in [2.05, 4.69) is 21.9 Å². The average Bonchev–Trinajstić information content (AvgIpc) is 2.57. The van der Waals surface area contributed by atoms with E-state index in [4.69, 9.17) is 21.1 Å². The predicted molar refractivity (Wildman–Crippen MR) is 98.3 cm³/mol. The van der Waals surface area contributed by atoms with Crippen LogP contribution in [0.4, 0.5) is 0 Å². The van der Waals surface area contributed by atoms with Crippen LogP contribution in [0, 0.1) is 0 Å². The predicted octanol–water partition coefficient (Wildman–Crippen LogP) is 2.92. The highest BCUT2D eigenvalue weighted by Gasteiger charge is 2.16. The number of halogens is 1. The van der Waals surface area contributed by atoms with Crippen LogP contribution in [0.25, 0.3) is 0 Å². The zero-order chi connectivity index (χ0) is 16.5. The number of aliphatic imine (C=N–C) groups is 1. The molecular weight excluding hydrogens is 334 g/mol. The van der Waals surface area contributed by atoms with Crippen LogP contribution in [0.1, 0.15) is 18.4 Å². The first-order valence-corrected chi connectivity index (χ1v) is 9.53. The van der Waals surface area contributed by atoms with E-state index in [1.54, 1.807) is 7.05 Å². The van der Waals surface area contributed by atoms with Crippen molar-refractivity contribution in [3.63, 3.8) is 0 Å². The normalized spacial score (nSPS) is 13.8. The first-order chi connectivity index (χ1) is 11.2. The van der Waals surface area contributed by atoms with Gasteiger partial charge in [-0.1, -0.05) is 11.6 Å². The van der Waals surface area contributed by atoms with Gasteiger partial charge in [-0.05, 0) is 42.5 Å². The molecular formula is C16H24ClN3O2S. The first kappa shape index (κ1) is 18.1. The van der Waals surface area contributed by atoms with Gasteiger partial charge >= 0.3 is 0 Å². The summed E-state index contributed by atoms with van der Waals surface area (Å²) in [6, 6.07) is 3.85. The van der Waals surface area contributed by atoms with Gasteiger partial charge in [0.05, 0.1) is 5.02 Å². The van der Waals surface area contributed by atoms with Crippen LogP contribution in [0.5, 0.6) is 11.5 Å². The average molecular weight is 358 g/mol. The largest absolute Gasteiger partial charge is 0.486 e. The van der Waals surface area contributed by atoms with Crippen LogP contribution >= 0.6 is 23.4 Å². The van der Waals surface area contributed by atoms with Gasteiger partial charge in [0.15, 0.2) is 17.5 Å². The Hall–Kier alpha value is -1.27. The van der Waals surface area contributed by atoms with Gasteiger partial charge in [0.25, 0.3) is 0 Å². The van der Waals surface area contributed by atoms with Crippen molar-refractivity contribution in [2.75, 3.05) is 38.8 Å². The first-order valence-electron chi connectivity index (χ1n) is 7.76. The summed E-state index contributed by atoms with van der Waals surface area (Å²) < 4.78 is 11.1. The molecule has 0 saturated heterocycles. The van der Waals surface area contributed by atoms with E-state index in [-0.39, 0.29) is 0 Å². The van der Waals surface area contributed by atoms with Gasteiger partial charge in [0, 0.05) is 20.1 Å². The molecule has 0 aromatic heterocycles. The Balaban J connectivity index is 1.83. The van der Waals surface area contributed by atoms with Crippen molar-refractivity contribution in [1.29, 1.82) is 0 Å². The zero-order valence-corrected chi connectivity index (χ0v) is 15.2. The van der Waals surface area contributed by atoms with Gasteiger partial charge in [0.1, 0.15) is 13.2 Å². The van der Waals surface area contributed by atoms with Crippen molar-refractivity contribution < 1.29 is 9.47 Å². The monoisotopic (exact) mass is 357 g/mol. The quantitative estimate of drug-likeness (QED) is 0.446. The van der Waals surface area contributed by atoms with Crippen molar-refractivity contribution >= 4 is 29.3 Å². The molecule has 1 aromatic rings. The van der Waals surface area contributed by atoms with Crippen LogP contribution < -0.4 is 20.1 Å². The molecule has 2 N–H and O–H groups in total. The van der Waals surface area contributed by atoms with Gasteiger partial charge in [-0.2, -0.15) is 11.8 Å². The number of benzene rings is 1. The summed E-state index contributed by atoms with van der Waals surface area (Å²) in [6.07, 6.45) is 4.48. The Morgan fingerprint density at radius 1 is 1.26 bits per heavy atom. The molecule has 0 radical (unpaired) electrons. The maximum absolute atomic E-state index is 6.25. The minimum Gasteiger partial charge on any atom is -0.486 e. The van der Waals surface area contributed by atoms with E-state index in [1.165, 1.54) is 12.2 Å². The number of fused-ring (bicyclic) bond motifs is 1. The van der Waals surface area contributed by atoms with E-state index in [0.717, 1.165) is 24.5 Å². The summed E-state index contributed by atoms with van der Waals surface area (Å²) in [5.41, 5.74) is 1.03. The molecule has 0 saturated carbocycles. The summed E-state index contributed by atoms with van der Waals surface area (Å²) in [4.78, 5) is 4.23. The molecule has 0 fully saturated rings. The van der Waals surface area contributed by atoms with Gasteiger partial charge in [-0.15, -0.1) is 0 Å². The van der Waals surface area contributed by atoms with Crippen molar-refractivity contribution in [2.24, 2.45) is 4.99 Å². The molecule has 1 aliphatic rings. The molecule has 1 heterocycles. The lowest BCUT2D eigenvalue weighted by atomic mass is 10.2. The molecule has 7 heteroatoms. The fraction of sp³-hybridized carbons (Fsp3) is 0.562. The summed E-state index contributed by atoms with van der Waals surface area (Å²) in [5.74, 6) is 3.34. The summed E-state index contributed by atoms with van der Waals surface area (Å²) >= 11 is 8.13. The van der Waals surface area contributed by atoms with E-state index < -0.39 is 0 Å². The number of thioether (sulfide) groups is 1. The number of nitrogens with one attached hydrogen (secondary N) is 2. The molecule has 0 spiro atoms. The van der Waals surface area contributed by atoms with E-state index in [1.807, 2.05) is 23.9 Å². The lowest BCUT2D eigenvalue weighted by Crippen LogP contribution is -2.37. The lowest BCUT2D eigenvalue weighted by Gasteiger charge is -2.20. The van der Waals surface area contributed by atoms with Crippen LogP contribution in [0.2, 0.25) is 5.02 Å². The minimum absolute atomic E-state index is 0.539. The van der Waals surface area contributed by atoms with Crippen molar-refractivity contribution in [2.45, 2.75) is 19.4 Å². The topological polar surface area (TPSA) is 54.9 Å². The SMILES string of the molecule is CN=C(NCCCCSC)NCc1cc(Cl)c2c(c1)OCCO2. The standard InChI is InChI=1S/C16H24ClN3O2S/c1-18-16(19-5-3-4-8-23-2)20-11-12-9-13(17)15-14(10-12)21-6-7-22-15/h9-10H,3-8,11H2,1-2H3,(H2,18,19,20). The summed E-state index contributed by atoms with van der Waals surface area (Å²) in [5, 5.41) is 7.19. The smallest absolute Gasteiger partial charge is 0.191 e. The second kappa shape index (κ2) is 9.78. The third kappa shape index (κ3) is 5.70. The molecule has 0 unspecified atom stereocenters. The molecule has 0 bridgehead atoms. The van der Waals surface area contributed by atoms with E-state index in [9.17, 15) is 0 Å². The fourth-order valence-corrected chi connectivity index (χ4v) is 3.03.